The summed E-state index contributed by atoms with van der Waals surface area (Å²) in [5, 5.41) is 2.14. The Bertz CT molecular complexity index is 562. The molecule has 2 saturated heterocycles. The molecule has 20 heavy (non-hydrogen) atoms. The number of ether oxygens (including phenoxy) is 4. The van der Waals surface area contributed by atoms with Crippen LogP contribution in [0.1, 0.15) is 0 Å². The van der Waals surface area contributed by atoms with Gasteiger partial charge in [0.25, 0.3) is 0 Å². The molecule has 0 N–H and O–H groups in total. The predicted molar refractivity (Wildman–Crippen MR) is 74.4 cm³/mol. The van der Waals surface area contributed by atoms with E-state index in [1.165, 1.54) is 0 Å². The third-order valence-electron chi connectivity index (χ3n) is 3.50. The number of benzene rings is 2. The van der Waals surface area contributed by atoms with Crippen LogP contribution in [0.3, 0.4) is 0 Å². The minimum Gasteiger partial charge on any atom is -0.490 e. The van der Waals surface area contributed by atoms with Gasteiger partial charge in [0, 0.05) is 10.8 Å². The van der Waals surface area contributed by atoms with Crippen molar-refractivity contribution >= 4 is 10.8 Å². The highest BCUT2D eigenvalue weighted by Crippen LogP contribution is 2.34. The molecule has 0 unspecified atom stereocenters. The molecule has 2 heterocycles. The minimum atomic E-state index is 0.261. The van der Waals surface area contributed by atoms with Gasteiger partial charge >= 0.3 is 0 Å². The second-order valence-corrected chi connectivity index (χ2v) is 5.14. The molecule has 2 aromatic carbocycles. The summed E-state index contributed by atoms with van der Waals surface area (Å²) in [5.74, 6) is 1.76. The van der Waals surface area contributed by atoms with E-state index in [4.69, 9.17) is 18.9 Å². The molecule has 2 atom stereocenters. The monoisotopic (exact) mass is 272 g/mol. The predicted octanol–water partition coefficient (Wildman–Crippen LogP) is 2.40. The molecule has 2 aliphatic heterocycles. The van der Waals surface area contributed by atoms with Crippen molar-refractivity contribution in [1.29, 1.82) is 0 Å². The lowest BCUT2D eigenvalue weighted by molar-refractivity contribution is 0.261. The van der Waals surface area contributed by atoms with Crippen molar-refractivity contribution in [1.82, 2.24) is 0 Å². The van der Waals surface area contributed by atoms with Gasteiger partial charge in [-0.3, -0.25) is 0 Å². The summed E-state index contributed by atoms with van der Waals surface area (Å²) < 4.78 is 22.0. The van der Waals surface area contributed by atoms with E-state index in [9.17, 15) is 0 Å². The maximum atomic E-state index is 5.83. The number of hydrogen-bond acceptors (Lipinski definition) is 4. The molecule has 0 radical (unpaired) electrons. The highest BCUT2D eigenvalue weighted by Gasteiger charge is 2.24. The fourth-order valence-electron chi connectivity index (χ4n) is 2.19. The summed E-state index contributed by atoms with van der Waals surface area (Å²) in [7, 11) is 0. The van der Waals surface area contributed by atoms with Gasteiger partial charge in [-0.25, -0.2) is 0 Å². The molecule has 0 aliphatic carbocycles. The van der Waals surface area contributed by atoms with Gasteiger partial charge < -0.3 is 18.9 Å². The quantitative estimate of drug-likeness (QED) is 0.757. The summed E-state index contributed by atoms with van der Waals surface area (Å²) in [6.07, 6.45) is 0.522. The van der Waals surface area contributed by atoms with Gasteiger partial charge in [0.2, 0.25) is 0 Å². The maximum absolute atomic E-state index is 5.83. The average Bonchev–Trinajstić information content (AvgIpc) is 3.38. The third kappa shape index (κ3) is 2.57. The zero-order valence-electron chi connectivity index (χ0n) is 11.1. The third-order valence-corrected chi connectivity index (χ3v) is 3.50. The average molecular weight is 272 g/mol. The highest BCUT2D eigenvalue weighted by atomic mass is 16.6. The van der Waals surface area contributed by atoms with Crippen LogP contribution in [-0.4, -0.2) is 38.6 Å². The Morgan fingerprint density at radius 3 is 1.65 bits per heavy atom. The number of epoxide rings is 2. The van der Waals surface area contributed by atoms with E-state index in [2.05, 4.69) is 12.1 Å². The molecule has 0 aromatic heterocycles. The van der Waals surface area contributed by atoms with Crippen LogP contribution in [0.15, 0.2) is 36.4 Å². The first-order chi connectivity index (χ1) is 9.90. The Labute approximate surface area is 117 Å². The standard InChI is InChI=1S/C16H16O4/c1-2-4-14-13(3-1)15(19-9-11-7-17-11)5-6-16(14)20-10-12-8-18-12/h1-6,11-12H,7-10H2/t11-,12+. The lowest BCUT2D eigenvalue weighted by Crippen LogP contribution is -2.06. The summed E-state index contributed by atoms with van der Waals surface area (Å²) >= 11 is 0. The molecule has 4 heteroatoms. The van der Waals surface area contributed by atoms with Crippen molar-refractivity contribution in [2.45, 2.75) is 12.2 Å². The second kappa shape index (κ2) is 4.96. The zero-order valence-corrected chi connectivity index (χ0v) is 11.1. The second-order valence-electron chi connectivity index (χ2n) is 5.14. The van der Waals surface area contributed by atoms with Crippen molar-refractivity contribution in [2.24, 2.45) is 0 Å². The number of rotatable bonds is 6. The van der Waals surface area contributed by atoms with Crippen LogP contribution >= 0.6 is 0 Å². The molecule has 0 amide bonds. The van der Waals surface area contributed by atoms with Crippen molar-refractivity contribution < 1.29 is 18.9 Å². The Balaban J connectivity index is 1.61. The maximum Gasteiger partial charge on any atom is 0.127 e. The molecule has 4 rings (SSSR count). The van der Waals surface area contributed by atoms with Crippen LogP contribution < -0.4 is 9.47 Å². The van der Waals surface area contributed by atoms with Crippen molar-refractivity contribution in [3.63, 3.8) is 0 Å². The van der Waals surface area contributed by atoms with Gasteiger partial charge in [0.05, 0.1) is 13.2 Å². The van der Waals surface area contributed by atoms with Crippen molar-refractivity contribution in [3.05, 3.63) is 36.4 Å². The van der Waals surface area contributed by atoms with E-state index in [1.807, 2.05) is 24.3 Å². The van der Waals surface area contributed by atoms with Crippen molar-refractivity contribution in [3.8, 4) is 11.5 Å². The number of hydrogen-bond donors (Lipinski definition) is 0. The van der Waals surface area contributed by atoms with E-state index in [0.717, 1.165) is 35.5 Å². The SMILES string of the molecule is c1ccc2c(OC[C@H]3CO3)ccc(OC[C@@H]3CO3)c2c1. The van der Waals surface area contributed by atoms with E-state index in [1.54, 1.807) is 0 Å². The highest BCUT2D eigenvalue weighted by molar-refractivity contribution is 5.93. The largest absolute Gasteiger partial charge is 0.490 e. The fraction of sp³-hybridized carbons (Fsp3) is 0.375. The smallest absolute Gasteiger partial charge is 0.127 e. The zero-order chi connectivity index (χ0) is 13.4. The van der Waals surface area contributed by atoms with Gasteiger partial charge in [0.15, 0.2) is 0 Å². The van der Waals surface area contributed by atoms with E-state index in [0.29, 0.717) is 13.2 Å². The van der Waals surface area contributed by atoms with Gasteiger partial charge in [-0.15, -0.1) is 0 Å². The molecule has 104 valence electrons. The number of fused-ring (bicyclic) bond motifs is 1. The summed E-state index contributed by atoms with van der Waals surface area (Å²) in [6, 6.07) is 12.1. The summed E-state index contributed by atoms with van der Waals surface area (Å²) in [5.41, 5.74) is 0. The lowest BCUT2D eigenvalue weighted by atomic mass is 10.1. The Hall–Kier alpha value is -1.78. The van der Waals surface area contributed by atoms with Gasteiger partial charge in [-0.05, 0) is 12.1 Å². The van der Waals surface area contributed by atoms with Crippen LogP contribution in [0.2, 0.25) is 0 Å². The van der Waals surface area contributed by atoms with Crippen LogP contribution in [0.4, 0.5) is 0 Å². The molecule has 0 saturated carbocycles. The molecule has 2 fully saturated rings. The van der Waals surface area contributed by atoms with Crippen LogP contribution in [0.25, 0.3) is 10.8 Å². The van der Waals surface area contributed by atoms with Gasteiger partial charge in [-0.2, -0.15) is 0 Å². The van der Waals surface area contributed by atoms with Gasteiger partial charge in [0.1, 0.15) is 36.9 Å². The van der Waals surface area contributed by atoms with Crippen molar-refractivity contribution in [2.75, 3.05) is 26.4 Å². The lowest BCUT2D eigenvalue weighted by Gasteiger charge is -2.12. The molecular weight excluding hydrogens is 256 g/mol. The molecule has 0 bridgehead atoms. The normalized spacial score (nSPS) is 23.6. The molecular formula is C16H16O4. The Morgan fingerprint density at radius 1 is 0.800 bits per heavy atom. The Kier molecular flexibility index (Phi) is 2.98. The van der Waals surface area contributed by atoms with Gasteiger partial charge in [-0.1, -0.05) is 24.3 Å². The molecule has 0 spiro atoms. The molecule has 4 nitrogen and oxygen atoms in total. The van der Waals surface area contributed by atoms with Crippen LogP contribution in [-0.2, 0) is 9.47 Å². The fourth-order valence-corrected chi connectivity index (χ4v) is 2.19. The van der Waals surface area contributed by atoms with E-state index in [-0.39, 0.29) is 12.2 Å². The van der Waals surface area contributed by atoms with E-state index < -0.39 is 0 Å². The van der Waals surface area contributed by atoms with E-state index >= 15 is 0 Å². The minimum absolute atomic E-state index is 0.261. The van der Waals surface area contributed by atoms with Crippen LogP contribution in [0, 0.1) is 0 Å². The molecule has 2 aromatic rings. The topological polar surface area (TPSA) is 43.5 Å². The van der Waals surface area contributed by atoms with Crippen LogP contribution in [0.5, 0.6) is 11.5 Å². The molecule has 2 aliphatic rings. The summed E-state index contributed by atoms with van der Waals surface area (Å²) in [4.78, 5) is 0. The first-order valence-electron chi connectivity index (χ1n) is 6.91. The Morgan fingerprint density at radius 2 is 1.25 bits per heavy atom. The first-order valence-corrected chi connectivity index (χ1v) is 6.91. The first kappa shape index (κ1) is 12.0. The summed E-state index contributed by atoms with van der Waals surface area (Å²) in [6.45, 7) is 2.83.